The van der Waals surface area contributed by atoms with E-state index in [1.807, 2.05) is 0 Å². The van der Waals surface area contributed by atoms with E-state index in [-0.39, 0.29) is 0 Å². The van der Waals surface area contributed by atoms with E-state index in [2.05, 4.69) is 13.2 Å². The molecule has 98 valence electrons. The van der Waals surface area contributed by atoms with Crippen molar-refractivity contribution < 1.29 is 26.3 Å². The third kappa shape index (κ3) is 2.75. The molecule has 18 heavy (non-hydrogen) atoms. The average Bonchev–Trinajstić information content (AvgIpc) is 2.24. The van der Waals surface area contributed by atoms with Crippen LogP contribution in [0.2, 0.25) is 0 Å². The molecule has 0 unspecified atom stereocenters. The lowest BCUT2D eigenvalue weighted by atomic mass is 9.97. The lowest BCUT2D eigenvalue weighted by Gasteiger charge is -2.16. The van der Waals surface area contributed by atoms with Crippen LogP contribution in [0, 0.1) is 0 Å². The standard InChI is InChI=1S/C12H8F6/c1-3-7-5-10(12(16,17)18)8(4-2)6-9(7)11(13,14)15/h3-6H,1-2H2. The second-order valence-corrected chi connectivity index (χ2v) is 3.43. The molecule has 0 fully saturated rings. The molecule has 0 atom stereocenters. The summed E-state index contributed by atoms with van der Waals surface area (Å²) in [5.41, 5.74) is -3.55. The second kappa shape index (κ2) is 4.51. The summed E-state index contributed by atoms with van der Waals surface area (Å²) in [5.74, 6) is 0. The van der Waals surface area contributed by atoms with Crippen molar-refractivity contribution in [3.05, 3.63) is 47.5 Å². The van der Waals surface area contributed by atoms with E-state index < -0.39 is 34.6 Å². The Bertz CT molecular complexity index is 433. The van der Waals surface area contributed by atoms with Crippen LogP contribution in [-0.2, 0) is 12.4 Å². The SMILES string of the molecule is C=Cc1cc(C(F)(F)F)c(C=C)cc1C(F)(F)F. The Hall–Kier alpha value is -1.72. The molecule has 0 aliphatic heterocycles. The fraction of sp³-hybridized carbons (Fsp3) is 0.167. The minimum atomic E-state index is -4.74. The Morgan fingerprint density at radius 1 is 0.722 bits per heavy atom. The van der Waals surface area contributed by atoms with Gasteiger partial charge in [0.1, 0.15) is 0 Å². The number of alkyl halides is 6. The van der Waals surface area contributed by atoms with Gasteiger partial charge in [-0.2, -0.15) is 26.3 Å². The minimum Gasteiger partial charge on any atom is -0.166 e. The first-order chi connectivity index (χ1) is 8.11. The van der Waals surface area contributed by atoms with Crippen LogP contribution in [-0.4, -0.2) is 0 Å². The maximum atomic E-state index is 12.6. The van der Waals surface area contributed by atoms with Gasteiger partial charge >= 0.3 is 12.4 Å². The van der Waals surface area contributed by atoms with Crippen LogP contribution >= 0.6 is 0 Å². The van der Waals surface area contributed by atoms with Crippen LogP contribution in [0.4, 0.5) is 26.3 Å². The highest BCUT2D eigenvalue weighted by molar-refractivity contribution is 5.63. The number of benzene rings is 1. The topological polar surface area (TPSA) is 0 Å². The van der Waals surface area contributed by atoms with Gasteiger partial charge in [-0.15, -0.1) is 0 Å². The third-order valence-electron chi connectivity index (χ3n) is 2.27. The summed E-state index contributed by atoms with van der Waals surface area (Å²) in [6, 6.07) is 0.847. The highest BCUT2D eigenvalue weighted by Gasteiger charge is 2.38. The van der Waals surface area contributed by atoms with E-state index in [9.17, 15) is 26.3 Å². The minimum absolute atomic E-state index is 0.423. The van der Waals surface area contributed by atoms with Crippen molar-refractivity contribution in [2.75, 3.05) is 0 Å². The Kier molecular flexibility index (Phi) is 3.59. The monoisotopic (exact) mass is 266 g/mol. The summed E-state index contributed by atoms with van der Waals surface area (Å²) in [4.78, 5) is 0. The first-order valence-corrected chi connectivity index (χ1v) is 4.68. The molecule has 0 nitrogen and oxygen atoms in total. The molecule has 1 rings (SSSR count). The molecule has 1 aromatic carbocycles. The normalized spacial score (nSPS) is 12.3. The highest BCUT2D eigenvalue weighted by Crippen LogP contribution is 2.39. The molecule has 0 bridgehead atoms. The van der Waals surface area contributed by atoms with Crippen molar-refractivity contribution in [1.82, 2.24) is 0 Å². The molecule has 1 aromatic rings. The van der Waals surface area contributed by atoms with Gasteiger partial charge in [0, 0.05) is 0 Å². The summed E-state index contributed by atoms with van der Waals surface area (Å²) >= 11 is 0. The Morgan fingerprint density at radius 3 is 1.17 bits per heavy atom. The molecule has 0 heterocycles. The van der Waals surface area contributed by atoms with Crippen LogP contribution in [0.1, 0.15) is 22.3 Å². The predicted octanol–water partition coefficient (Wildman–Crippen LogP) is 5.01. The summed E-state index contributed by atoms with van der Waals surface area (Å²) in [6.07, 6.45) is -8.01. The zero-order chi connectivity index (χ0) is 14.1. The summed E-state index contributed by atoms with van der Waals surface area (Å²) in [6.45, 7) is 6.18. The van der Waals surface area contributed by atoms with Crippen molar-refractivity contribution in [2.45, 2.75) is 12.4 Å². The molecule has 0 aromatic heterocycles. The number of halogens is 6. The summed E-state index contributed by atoms with van der Waals surface area (Å²) in [7, 11) is 0. The zero-order valence-electron chi connectivity index (χ0n) is 8.99. The predicted molar refractivity (Wildman–Crippen MR) is 56.6 cm³/mol. The van der Waals surface area contributed by atoms with E-state index >= 15 is 0 Å². The molecular weight excluding hydrogens is 258 g/mol. The van der Waals surface area contributed by atoms with Crippen molar-refractivity contribution >= 4 is 12.2 Å². The number of hydrogen-bond donors (Lipinski definition) is 0. The molecule has 0 amide bonds. The average molecular weight is 266 g/mol. The van der Waals surface area contributed by atoms with Gasteiger partial charge in [0.05, 0.1) is 11.1 Å². The van der Waals surface area contributed by atoms with Crippen LogP contribution in [0.25, 0.3) is 12.2 Å². The highest BCUT2D eigenvalue weighted by atomic mass is 19.4. The van der Waals surface area contributed by atoms with Crippen LogP contribution in [0.15, 0.2) is 25.3 Å². The smallest absolute Gasteiger partial charge is 0.166 e. The Balaban J connectivity index is 3.63. The zero-order valence-corrected chi connectivity index (χ0v) is 8.99. The van der Waals surface area contributed by atoms with E-state index in [0.717, 1.165) is 12.2 Å². The van der Waals surface area contributed by atoms with Gasteiger partial charge in [0.25, 0.3) is 0 Å². The Morgan fingerprint density at radius 2 is 1.00 bits per heavy atom. The van der Waals surface area contributed by atoms with Crippen LogP contribution < -0.4 is 0 Å². The van der Waals surface area contributed by atoms with E-state index in [1.165, 1.54) is 0 Å². The van der Waals surface area contributed by atoms with Crippen LogP contribution in [0.3, 0.4) is 0 Å². The molecule has 0 aliphatic rings. The molecule has 0 saturated carbocycles. The summed E-state index contributed by atoms with van der Waals surface area (Å²) < 4.78 is 75.7. The van der Waals surface area contributed by atoms with Gasteiger partial charge in [0.15, 0.2) is 0 Å². The number of rotatable bonds is 2. The van der Waals surface area contributed by atoms with Gasteiger partial charge < -0.3 is 0 Å². The maximum Gasteiger partial charge on any atom is 0.417 e. The van der Waals surface area contributed by atoms with E-state index in [1.54, 1.807) is 0 Å². The van der Waals surface area contributed by atoms with Gasteiger partial charge in [0.2, 0.25) is 0 Å². The lowest BCUT2D eigenvalue weighted by Crippen LogP contribution is -2.13. The molecule has 0 N–H and O–H groups in total. The third-order valence-corrected chi connectivity index (χ3v) is 2.27. The summed E-state index contributed by atoms with van der Waals surface area (Å²) in [5, 5.41) is 0. The fourth-order valence-corrected chi connectivity index (χ4v) is 1.46. The van der Waals surface area contributed by atoms with Crippen molar-refractivity contribution in [3.8, 4) is 0 Å². The molecule has 0 radical (unpaired) electrons. The van der Waals surface area contributed by atoms with Gasteiger partial charge in [-0.1, -0.05) is 25.3 Å². The molecule has 0 saturated heterocycles. The van der Waals surface area contributed by atoms with E-state index in [0.29, 0.717) is 12.1 Å². The van der Waals surface area contributed by atoms with Crippen molar-refractivity contribution in [1.29, 1.82) is 0 Å². The quantitative estimate of drug-likeness (QED) is 0.660. The van der Waals surface area contributed by atoms with Gasteiger partial charge in [-0.3, -0.25) is 0 Å². The van der Waals surface area contributed by atoms with Gasteiger partial charge in [-0.05, 0) is 23.3 Å². The van der Waals surface area contributed by atoms with Crippen LogP contribution in [0.5, 0.6) is 0 Å². The largest absolute Gasteiger partial charge is 0.417 e. The fourth-order valence-electron chi connectivity index (χ4n) is 1.46. The number of hydrogen-bond acceptors (Lipinski definition) is 0. The van der Waals surface area contributed by atoms with Crippen molar-refractivity contribution in [2.24, 2.45) is 0 Å². The maximum absolute atomic E-state index is 12.6. The molecule has 6 heteroatoms. The Labute approximate surface area is 99.2 Å². The molecule has 0 spiro atoms. The molecule has 0 aliphatic carbocycles. The van der Waals surface area contributed by atoms with Crippen molar-refractivity contribution in [3.63, 3.8) is 0 Å². The first kappa shape index (κ1) is 14.3. The first-order valence-electron chi connectivity index (χ1n) is 4.68. The van der Waals surface area contributed by atoms with E-state index in [4.69, 9.17) is 0 Å². The second-order valence-electron chi connectivity index (χ2n) is 3.43. The molecular formula is C12H8F6. The van der Waals surface area contributed by atoms with Gasteiger partial charge in [-0.25, -0.2) is 0 Å². The lowest BCUT2D eigenvalue weighted by molar-refractivity contribution is -0.141.